The Morgan fingerprint density at radius 1 is 0.412 bits per heavy atom. The van der Waals surface area contributed by atoms with E-state index in [-0.39, 0.29) is 0 Å². The maximum atomic E-state index is 6.51. The van der Waals surface area contributed by atoms with Crippen LogP contribution in [0, 0.1) is 0 Å². The molecule has 5 rings (SSSR count). The van der Waals surface area contributed by atoms with E-state index in [0.29, 0.717) is 0 Å². The quantitative estimate of drug-likeness (QED) is 0.184. The molecule has 0 aliphatic carbocycles. The Bertz CT molecular complexity index is 1110. The fourth-order valence-corrected chi connectivity index (χ4v) is 11.9. The van der Waals surface area contributed by atoms with Crippen molar-refractivity contribution >= 4 is 58.1 Å². The third-order valence-corrected chi connectivity index (χ3v) is 16.7. The molecule has 5 aromatic carbocycles. The van der Waals surface area contributed by atoms with Crippen LogP contribution in [-0.2, 0) is 0 Å². The van der Waals surface area contributed by atoms with Gasteiger partial charge >= 0.3 is 95.6 Å². The Morgan fingerprint density at radius 3 is 0.912 bits per heavy atom. The van der Waals surface area contributed by atoms with E-state index in [1.54, 1.807) is 0 Å². The van der Waals surface area contributed by atoms with Crippen molar-refractivity contribution in [2.24, 2.45) is 0 Å². The first-order valence-electron chi connectivity index (χ1n) is 11.3. The van der Waals surface area contributed by atoms with Crippen LogP contribution in [0.4, 0.5) is 0 Å². The van der Waals surface area contributed by atoms with Crippen molar-refractivity contribution in [1.29, 1.82) is 0 Å². The first-order chi connectivity index (χ1) is 16.7. The number of halogens is 1. The van der Waals surface area contributed by atoms with Crippen LogP contribution < -0.4 is 22.9 Å². The molecule has 168 valence electrons. The first kappa shape index (κ1) is 24.8. The van der Waals surface area contributed by atoms with E-state index in [9.17, 15) is 0 Å². The summed E-state index contributed by atoms with van der Waals surface area (Å²) in [4.78, 5) is 0. The molecule has 0 heterocycles. The van der Waals surface area contributed by atoms with Crippen LogP contribution >= 0.6 is 16.1 Å². The van der Waals surface area contributed by atoms with Gasteiger partial charge in [0.25, 0.3) is 0 Å². The van der Waals surface area contributed by atoms with E-state index < -0.39 is 26.3 Å². The first-order valence-corrected chi connectivity index (χ1v) is 19.3. The molecule has 0 amide bonds. The summed E-state index contributed by atoms with van der Waals surface area (Å²) in [6, 6.07) is 53.4. The van der Waals surface area contributed by atoms with Crippen molar-refractivity contribution in [2.75, 3.05) is 6.66 Å². The summed E-state index contributed by atoms with van der Waals surface area (Å²) in [5.41, 5.74) is 0. The van der Waals surface area contributed by atoms with Crippen LogP contribution in [0.5, 0.6) is 0 Å². The van der Waals surface area contributed by atoms with Crippen LogP contribution in [0.2, 0.25) is 0 Å². The molecule has 0 spiro atoms. The van der Waals surface area contributed by atoms with Crippen molar-refractivity contribution in [1.82, 2.24) is 0 Å². The summed E-state index contributed by atoms with van der Waals surface area (Å²) in [6.45, 7) is 2.41. The van der Waals surface area contributed by atoms with Gasteiger partial charge in [-0.25, -0.2) is 0 Å². The number of hydrogen-bond donors (Lipinski definition) is 0. The van der Waals surface area contributed by atoms with Crippen LogP contribution in [0.15, 0.2) is 152 Å². The molecule has 0 N–H and O–H groups in total. The summed E-state index contributed by atoms with van der Waals surface area (Å²) in [7, 11) is 4.99. The van der Waals surface area contributed by atoms with Crippen LogP contribution in [0.25, 0.3) is 0 Å². The van der Waals surface area contributed by atoms with Gasteiger partial charge in [0.1, 0.15) is 23.2 Å². The summed E-state index contributed by atoms with van der Waals surface area (Å²) in [5.74, 6) is 0. The summed E-state index contributed by atoms with van der Waals surface area (Å²) in [6.07, 6.45) is 0. The fourth-order valence-electron chi connectivity index (χ4n) is 3.89. The van der Waals surface area contributed by atoms with Crippen molar-refractivity contribution in [2.45, 2.75) is 0 Å². The standard InChI is InChI=1S/C19H18P.2C6H5.ClH.Sb/c1-20(17-11-5-2-6-12-17,18-13-7-3-8-14-18)19-15-9-4-10-16-19;2*1-2-4-6-5-3-1;;/h2-16H,1H3;2*1-5H;1H;/q+1;;;;+1/p-1. The van der Waals surface area contributed by atoms with Crippen molar-refractivity contribution in [3.05, 3.63) is 152 Å². The monoisotopic (exact) mass is 587 g/mol. The van der Waals surface area contributed by atoms with E-state index in [4.69, 9.17) is 8.83 Å². The second kappa shape index (κ2) is 12.4. The maximum absolute atomic E-state index is 6.51. The van der Waals surface area contributed by atoms with E-state index in [2.05, 4.69) is 146 Å². The molecule has 0 fully saturated rings. The summed E-state index contributed by atoms with van der Waals surface area (Å²) >= 11 is -1.90. The number of rotatable bonds is 5. The Hall–Kier alpha value is -2.36. The van der Waals surface area contributed by atoms with Gasteiger partial charge in [-0.1, -0.05) is 54.6 Å². The molecule has 0 radical (unpaired) electrons. The molecule has 0 bridgehead atoms. The zero-order chi connectivity index (χ0) is 23.6. The molecule has 5 aromatic rings. The molecule has 0 saturated carbocycles. The molecule has 0 aliphatic heterocycles. The zero-order valence-electron chi connectivity index (χ0n) is 19.2. The Balaban J connectivity index is 0.000000172. The van der Waals surface area contributed by atoms with E-state index in [1.807, 2.05) is 12.1 Å². The predicted molar refractivity (Wildman–Crippen MR) is 155 cm³/mol. The second-order valence-electron chi connectivity index (χ2n) is 7.96. The molecule has 3 heteroatoms. The van der Waals surface area contributed by atoms with Crippen molar-refractivity contribution in [3.63, 3.8) is 0 Å². The average molecular weight is 589 g/mol. The molecule has 0 unspecified atom stereocenters. The third-order valence-electron chi connectivity index (χ3n) is 5.78. The molecule has 0 saturated heterocycles. The Labute approximate surface area is 215 Å². The Morgan fingerprint density at radius 2 is 0.647 bits per heavy atom. The minimum absolute atomic E-state index is 1.32. The second-order valence-corrected chi connectivity index (χ2v) is 18.3. The topological polar surface area (TPSA) is 0 Å². The molecular formula is C31H28ClPSb+. The molecule has 0 nitrogen and oxygen atoms in total. The molecule has 34 heavy (non-hydrogen) atoms. The van der Waals surface area contributed by atoms with Gasteiger partial charge in [-0.3, -0.25) is 0 Å². The van der Waals surface area contributed by atoms with E-state index in [1.165, 1.54) is 22.9 Å². The van der Waals surface area contributed by atoms with Gasteiger partial charge in [0, 0.05) is 0 Å². The molecule has 0 aliphatic rings. The minimum atomic E-state index is -1.90. The molecule has 0 aromatic heterocycles. The van der Waals surface area contributed by atoms with E-state index in [0.717, 1.165) is 0 Å². The van der Waals surface area contributed by atoms with Gasteiger partial charge in [-0.2, -0.15) is 0 Å². The van der Waals surface area contributed by atoms with Gasteiger partial charge in [0.15, 0.2) is 0 Å². The van der Waals surface area contributed by atoms with Crippen LogP contribution in [0.3, 0.4) is 0 Å². The van der Waals surface area contributed by atoms with Gasteiger partial charge in [-0.05, 0) is 36.4 Å². The normalized spacial score (nSPS) is 10.9. The third kappa shape index (κ3) is 6.00. The van der Waals surface area contributed by atoms with Crippen LogP contribution in [-0.4, -0.2) is 25.7 Å². The predicted octanol–water partition coefficient (Wildman–Crippen LogP) is 5.64. The van der Waals surface area contributed by atoms with Crippen molar-refractivity contribution in [3.8, 4) is 0 Å². The van der Waals surface area contributed by atoms with Crippen molar-refractivity contribution < 1.29 is 0 Å². The van der Waals surface area contributed by atoms with Crippen LogP contribution in [0.1, 0.15) is 0 Å². The van der Waals surface area contributed by atoms with Gasteiger partial charge in [-0.15, -0.1) is 0 Å². The Kier molecular flexibility index (Phi) is 9.01. The fraction of sp³-hybridized carbons (Fsp3) is 0.0323. The number of hydrogen-bond acceptors (Lipinski definition) is 0. The van der Waals surface area contributed by atoms with Gasteiger partial charge in [0.05, 0.1) is 6.66 Å². The summed E-state index contributed by atoms with van der Waals surface area (Å²) < 4.78 is 2.65. The summed E-state index contributed by atoms with van der Waals surface area (Å²) in [5, 5.41) is 4.28. The van der Waals surface area contributed by atoms with Gasteiger partial charge in [0.2, 0.25) is 0 Å². The average Bonchev–Trinajstić information content (AvgIpc) is 2.95. The zero-order valence-corrected chi connectivity index (χ0v) is 23.4. The SMILES string of the molecule is C[P+](c1ccccc1)(c1ccccc1)c1ccccc1.[Cl][Sb]([c]1ccccc1)[c]1ccccc1. The van der Waals surface area contributed by atoms with Gasteiger partial charge < -0.3 is 0 Å². The van der Waals surface area contributed by atoms with E-state index >= 15 is 0 Å². The molecule has 0 atom stereocenters. The molecular weight excluding hydrogens is 561 g/mol. The number of benzene rings is 5.